The van der Waals surface area contributed by atoms with E-state index < -0.39 is 0 Å². The van der Waals surface area contributed by atoms with Crippen molar-refractivity contribution in [3.63, 3.8) is 0 Å². The standard InChI is InChI=1S/C18H25N5OS/c1-13-5-7-15(8-6-13)11-16-19-17(25-20-16)22-9-10-23(14(2)12-22)18(24)21(3)4/h5-8,14H,9-12H2,1-4H3. The molecule has 1 unspecified atom stereocenters. The van der Waals surface area contributed by atoms with Crippen molar-refractivity contribution in [1.29, 1.82) is 0 Å². The molecule has 0 saturated carbocycles. The van der Waals surface area contributed by atoms with Crippen LogP contribution in [0.3, 0.4) is 0 Å². The van der Waals surface area contributed by atoms with Crippen LogP contribution in [-0.4, -0.2) is 65.0 Å². The van der Waals surface area contributed by atoms with Gasteiger partial charge >= 0.3 is 6.03 Å². The summed E-state index contributed by atoms with van der Waals surface area (Å²) < 4.78 is 4.52. The van der Waals surface area contributed by atoms with Gasteiger partial charge in [0.2, 0.25) is 5.13 Å². The summed E-state index contributed by atoms with van der Waals surface area (Å²) in [6, 6.07) is 8.72. The fraction of sp³-hybridized carbons (Fsp3) is 0.500. The molecule has 7 heteroatoms. The third-order valence-electron chi connectivity index (χ3n) is 4.47. The minimum atomic E-state index is 0.0736. The molecule has 1 fully saturated rings. The first-order chi connectivity index (χ1) is 11.9. The van der Waals surface area contributed by atoms with Gasteiger partial charge in [-0.05, 0) is 19.4 Å². The number of hydrogen-bond acceptors (Lipinski definition) is 5. The van der Waals surface area contributed by atoms with Gasteiger partial charge in [0.1, 0.15) is 5.82 Å². The summed E-state index contributed by atoms with van der Waals surface area (Å²) in [6.45, 7) is 6.47. The van der Waals surface area contributed by atoms with Gasteiger partial charge in [-0.3, -0.25) is 0 Å². The van der Waals surface area contributed by atoms with E-state index in [1.165, 1.54) is 22.7 Å². The Hall–Kier alpha value is -2.15. The fourth-order valence-electron chi connectivity index (χ4n) is 3.01. The second-order valence-electron chi connectivity index (χ2n) is 6.82. The molecular weight excluding hydrogens is 334 g/mol. The number of benzene rings is 1. The maximum Gasteiger partial charge on any atom is 0.319 e. The van der Waals surface area contributed by atoms with Gasteiger partial charge in [0.25, 0.3) is 0 Å². The van der Waals surface area contributed by atoms with Crippen LogP contribution in [0.25, 0.3) is 0 Å². The summed E-state index contributed by atoms with van der Waals surface area (Å²) in [5.74, 6) is 0.864. The number of urea groups is 1. The van der Waals surface area contributed by atoms with Crippen molar-refractivity contribution in [2.75, 3.05) is 38.6 Å². The van der Waals surface area contributed by atoms with Crippen molar-refractivity contribution in [2.45, 2.75) is 26.3 Å². The SMILES string of the molecule is Cc1ccc(Cc2nsc(N3CCN(C(=O)N(C)C)C(C)C3)n2)cc1. The van der Waals surface area contributed by atoms with E-state index >= 15 is 0 Å². The van der Waals surface area contributed by atoms with Gasteiger partial charge in [0, 0.05) is 57.7 Å². The zero-order valence-electron chi connectivity index (χ0n) is 15.3. The third kappa shape index (κ3) is 4.10. The van der Waals surface area contributed by atoms with E-state index in [4.69, 9.17) is 4.98 Å². The van der Waals surface area contributed by atoms with Crippen LogP contribution < -0.4 is 4.90 Å². The second-order valence-corrected chi connectivity index (χ2v) is 7.55. The molecule has 1 saturated heterocycles. The van der Waals surface area contributed by atoms with Gasteiger partial charge in [-0.25, -0.2) is 9.78 Å². The van der Waals surface area contributed by atoms with Gasteiger partial charge in [-0.2, -0.15) is 4.37 Å². The normalized spacial score (nSPS) is 17.7. The molecule has 2 amide bonds. The molecular formula is C18H25N5OS. The van der Waals surface area contributed by atoms with Gasteiger partial charge in [0.05, 0.1) is 0 Å². The molecule has 0 spiro atoms. The smallest absolute Gasteiger partial charge is 0.319 e. The van der Waals surface area contributed by atoms with Gasteiger partial charge in [0.15, 0.2) is 0 Å². The predicted octanol–water partition coefficient (Wildman–Crippen LogP) is 2.63. The van der Waals surface area contributed by atoms with Crippen molar-refractivity contribution in [1.82, 2.24) is 19.2 Å². The molecule has 1 aromatic heterocycles. The predicted molar refractivity (Wildman–Crippen MR) is 101 cm³/mol. The summed E-state index contributed by atoms with van der Waals surface area (Å²) in [5, 5.41) is 0.950. The Morgan fingerprint density at radius 1 is 1.28 bits per heavy atom. The van der Waals surface area contributed by atoms with E-state index in [2.05, 4.69) is 47.4 Å². The van der Waals surface area contributed by atoms with Gasteiger partial charge < -0.3 is 14.7 Å². The van der Waals surface area contributed by atoms with E-state index in [0.717, 1.165) is 30.5 Å². The largest absolute Gasteiger partial charge is 0.343 e. The van der Waals surface area contributed by atoms with Crippen LogP contribution in [-0.2, 0) is 6.42 Å². The second kappa shape index (κ2) is 7.39. The molecule has 1 atom stereocenters. The Morgan fingerprint density at radius 2 is 2.00 bits per heavy atom. The Labute approximate surface area is 153 Å². The molecule has 2 heterocycles. The highest BCUT2D eigenvalue weighted by molar-refractivity contribution is 7.09. The topological polar surface area (TPSA) is 52.6 Å². The summed E-state index contributed by atoms with van der Waals surface area (Å²) >= 11 is 1.45. The Morgan fingerprint density at radius 3 is 2.64 bits per heavy atom. The minimum absolute atomic E-state index is 0.0736. The monoisotopic (exact) mass is 359 g/mol. The molecule has 1 aliphatic heterocycles. The third-order valence-corrected chi connectivity index (χ3v) is 5.28. The van der Waals surface area contributed by atoms with E-state index in [1.54, 1.807) is 19.0 Å². The van der Waals surface area contributed by atoms with Crippen LogP contribution in [0.2, 0.25) is 0 Å². The number of nitrogens with zero attached hydrogens (tertiary/aromatic N) is 5. The Balaban J connectivity index is 1.63. The molecule has 25 heavy (non-hydrogen) atoms. The lowest BCUT2D eigenvalue weighted by atomic mass is 10.1. The molecule has 0 aliphatic carbocycles. The van der Waals surface area contributed by atoms with Gasteiger partial charge in [-0.1, -0.05) is 29.8 Å². The van der Waals surface area contributed by atoms with E-state index in [1.807, 2.05) is 4.90 Å². The van der Waals surface area contributed by atoms with Gasteiger partial charge in [-0.15, -0.1) is 0 Å². The van der Waals surface area contributed by atoms with Crippen LogP contribution in [0.5, 0.6) is 0 Å². The van der Waals surface area contributed by atoms with Crippen molar-refractivity contribution < 1.29 is 4.79 Å². The number of anilines is 1. The number of amides is 2. The van der Waals surface area contributed by atoms with Crippen molar-refractivity contribution in [3.8, 4) is 0 Å². The lowest BCUT2D eigenvalue weighted by molar-refractivity contribution is 0.147. The number of aromatic nitrogens is 2. The first kappa shape index (κ1) is 17.7. The highest BCUT2D eigenvalue weighted by atomic mass is 32.1. The number of carbonyl (C=O) groups excluding carboxylic acids is 1. The number of aryl methyl sites for hydroxylation is 1. The average Bonchev–Trinajstić information content (AvgIpc) is 3.04. The summed E-state index contributed by atoms with van der Waals surface area (Å²) in [5.41, 5.74) is 2.49. The molecule has 3 rings (SSSR count). The summed E-state index contributed by atoms with van der Waals surface area (Å²) in [6.07, 6.45) is 0.755. The molecule has 6 nitrogen and oxygen atoms in total. The zero-order valence-corrected chi connectivity index (χ0v) is 16.1. The first-order valence-electron chi connectivity index (χ1n) is 8.55. The quantitative estimate of drug-likeness (QED) is 0.845. The molecule has 1 aliphatic rings. The number of piperazine rings is 1. The molecule has 0 N–H and O–H groups in total. The first-order valence-corrected chi connectivity index (χ1v) is 9.32. The molecule has 134 valence electrons. The number of carbonyl (C=O) groups is 1. The number of rotatable bonds is 3. The average molecular weight is 359 g/mol. The van der Waals surface area contributed by atoms with Crippen molar-refractivity contribution in [3.05, 3.63) is 41.2 Å². The maximum atomic E-state index is 12.2. The molecule has 0 bridgehead atoms. The van der Waals surface area contributed by atoms with Crippen LogP contribution in [0.15, 0.2) is 24.3 Å². The lowest BCUT2D eigenvalue weighted by Crippen LogP contribution is -2.56. The molecule has 0 radical (unpaired) electrons. The fourth-order valence-corrected chi connectivity index (χ4v) is 3.73. The van der Waals surface area contributed by atoms with Crippen LogP contribution in [0, 0.1) is 6.92 Å². The Kier molecular flexibility index (Phi) is 5.22. The number of hydrogen-bond donors (Lipinski definition) is 0. The maximum absolute atomic E-state index is 12.2. The highest BCUT2D eigenvalue weighted by Crippen LogP contribution is 2.23. The molecule has 1 aromatic carbocycles. The Bertz CT molecular complexity index is 727. The van der Waals surface area contributed by atoms with Crippen LogP contribution in [0.4, 0.5) is 9.93 Å². The minimum Gasteiger partial charge on any atom is -0.343 e. The summed E-state index contributed by atoms with van der Waals surface area (Å²) in [7, 11) is 3.59. The van der Waals surface area contributed by atoms with Crippen molar-refractivity contribution in [2.24, 2.45) is 0 Å². The van der Waals surface area contributed by atoms with E-state index in [0.29, 0.717) is 6.54 Å². The van der Waals surface area contributed by atoms with Crippen LogP contribution in [0.1, 0.15) is 23.9 Å². The highest BCUT2D eigenvalue weighted by Gasteiger charge is 2.29. The lowest BCUT2D eigenvalue weighted by Gasteiger charge is -2.40. The van der Waals surface area contributed by atoms with Crippen LogP contribution >= 0.6 is 11.5 Å². The molecule has 2 aromatic rings. The van der Waals surface area contributed by atoms with E-state index in [9.17, 15) is 4.79 Å². The summed E-state index contributed by atoms with van der Waals surface area (Å²) in [4.78, 5) is 22.7. The van der Waals surface area contributed by atoms with Crippen molar-refractivity contribution >= 4 is 22.7 Å². The van der Waals surface area contributed by atoms with E-state index in [-0.39, 0.29) is 12.1 Å². The zero-order chi connectivity index (χ0) is 18.0.